The van der Waals surface area contributed by atoms with Gasteiger partial charge in [-0.15, -0.1) is 0 Å². The molecule has 3 rings (SSSR count). The Morgan fingerprint density at radius 2 is 0.892 bits per heavy atom. The van der Waals surface area contributed by atoms with Crippen LogP contribution in [-0.4, -0.2) is 29.3 Å². The summed E-state index contributed by atoms with van der Waals surface area (Å²) in [5, 5.41) is 8.25. The van der Waals surface area contributed by atoms with Crippen molar-refractivity contribution in [1.29, 1.82) is 0 Å². The molecule has 0 unspecified atom stereocenters. The zero-order valence-corrected chi connectivity index (χ0v) is 21.4. The van der Waals surface area contributed by atoms with Gasteiger partial charge in [-0.3, -0.25) is 24.0 Å². The molecule has 0 radical (unpaired) electrons. The van der Waals surface area contributed by atoms with E-state index in [4.69, 9.17) is 0 Å². The van der Waals surface area contributed by atoms with Crippen LogP contribution >= 0.6 is 0 Å². The van der Waals surface area contributed by atoms with E-state index < -0.39 is 17.2 Å². The largest absolute Gasteiger partial charge is 0.326 e. The maximum atomic E-state index is 13.0. The third-order valence-corrected chi connectivity index (χ3v) is 5.50. The number of hydrogen-bond acceptors (Lipinski definition) is 5. The molecule has 0 fully saturated rings. The average molecular weight is 500 g/mol. The molecule has 0 heterocycles. The molecule has 8 heteroatoms. The normalized spacial score (nSPS) is 10.8. The Labute approximate surface area is 215 Å². The average Bonchev–Trinajstić information content (AvgIpc) is 2.83. The van der Waals surface area contributed by atoms with Crippen molar-refractivity contribution < 1.29 is 24.0 Å². The second kappa shape index (κ2) is 11.0. The van der Waals surface area contributed by atoms with Crippen molar-refractivity contribution in [2.24, 2.45) is 5.41 Å². The molecular formula is C29H29N3O5. The second-order valence-electron chi connectivity index (χ2n) is 9.68. The predicted molar refractivity (Wildman–Crippen MR) is 143 cm³/mol. The highest BCUT2D eigenvalue weighted by atomic mass is 16.2. The summed E-state index contributed by atoms with van der Waals surface area (Å²) >= 11 is 0. The Bertz CT molecular complexity index is 1280. The first-order valence-electron chi connectivity index (χ1n) is 11.6. The molecule has 3 aromatic rings. The van der Waals surface area contributed by atoms with Gasteiger partial charge in [-0.2, -0.15) is 0 Å². The zero-order valence-electron chi connectivity index (χ0n) is 21.4. The van der Waals surface area contributed by atoms with Crippen LogP contribution in [0.15, 0.2) is 66.7 Å². The maximum Gasteiger partial charge on any atom is 0.255 e. The van der Waals surface area contributed by atoms with Gasteiger partial charge in [0.1, 0.15) is 0 Å². The Kier molecular flexibility index (Phi) is 8.02. The summed E-state index contributed by atoms with van der Waals surface area (Å²) in [6.07, 6.45) is 0. The molecule has 0 aliphatic carbocycles. The van der Waals surface area contributed by atoms with Gasteiger partial charge in [0.25, 0.3) is 11.8 Å². The molecule has 37 heavy (non-hydrogen) atoms. The number of Topliss-reactive ketones (excluding diaryl/α,β-unsaturated/α-hetero) is 2. The van der Waals surface area contributed by atoms with Crippen molar-refractivity contribution in [2.75, 3.05) is 16.0 Å². The van der Waals surface area contributed by atoms with Gasteiger partial charge in [0.05, 0.1) is 0 Å². The van der Waals surface area contributed by atoms with Crippen LogP contribution in [-0.2, 0) is 4.79 Å². The molecule has 0 saturated heterocycles. The van der Waals surface area contributed by atoms with Gasteiger partial charge in [-0.1, -0.05) is 20.8 Å². The number of benzene rings is 3. The quantitative estimate of drug-likeness (QED) is 0.366. The number of carbonyl (C=O) groups excluding carboxylic acids is 5. The number of carbonyl (C=O) groups is 5. The minimum Gasteiger partial charge on any atom is -0.326 e. The first kappa shape index (κ1) is 27.0. The highest BCUT2D eigenvalue weighted by Crippen LogP contribution is 2.22. The van der Waals surface area contributed by atoms with Gasteiger partial charge in [0.15, 0.2) is 11.6 Å². The smallest absolute Gasteiger partial charge is 0.255 e. The van der Waals surface area contributed by atoms with Gasteiger partial charge in [-0.05, 0) is 80.6 Å². The summed E-state index contributed by atoms with van der Waals surface area (Å²) in [5.74, 6) is -1.46. The van der Waals surface area contributed by atoms with Crippen LogP contribution in [0.4, 0.5) is 17.1 Å². The molecule has 190 valence electrons. The molecule has 0 aromatic heterocycles. The van der Waals surface area contributed by atoms with Crippen molar-refractivity contribution >= 4 is 46.4 Å². The third kappa shape index (κ3) is 7.20. The topological polar surface area (TPSA) is 121 Å². The fourth-order valence-corrected chi connectivity index (χ4v) is 3.26. The van der Waals surface area contributed by atoms with Crippen LogP contribution in [0.5, 0.6) is 0 Å². The number of amides is 3. The minimum absolute atomic E-state index is 0.0910. The highest BCUT2D eigenvalue weighted by molar-refractivity contribution is 6.10. The fraction of sp³-hybridized carbons (Fsp3) is 0.207. The molecule has 0 bridgehead atoms. The van der Waals surface area contributed by atoms with E-state index in [1.165, 1.54) is 32.0 Å². The summed E-state index contributed by atoms with van der Waals surface area (Å²) < 4.78 is 0. The molecule has 0 saturated carbocycles. The van der Waals surface area contributed by atoms with Gasteiger partial charge < -0.3 is 16.0 Å². The van der Waals surface area contributed by atoms with Crippen molar-refractivity contribution in [1.82, 2.24) is 0 Å². The lowest BCUT2D eigenvalue weighted by molar-refractivity contribution is -0.123. The summed E-state index contributed by atoms with van der Waals surface area (Å²) in [4.78, 5) is 61.7. The van der Waals surface area contributed by atoms with Gasteiger partial charge >= 0.3 is 0 Å². The van der Waals surface area contributed by atoms with E-state index in [1.807, 2.05) is 0 Å². The standard InChI is InChI=1S/C29H29N3O5/c1-17(33)19-6-10-23(11-7-19)30-26(35)21-14-22(16-25(15-21)32-28(37)29(3,4)5)27(36)31-24-12-8-20(9-13-24)18(2)34/h6-16H,1-5H3,(H,30,35)(H,31,36)(H,32,37). The number of hydrogen-bond donors (Lipinski definition) is 3. The Morgan fingerprint density at radius 1 is 0.514 bits per heavy atom. The monoisotopic (exact) mass is 499 g/mol. The number of anilines is 3. The lowest BCUT2D eigenvalue weighted by Gasteiger charge is -2.18. The van der Waals surface area contributed by atoms with Crippen LogP contribution in [0.25, 0.3) is 0 Å². The second-order valence-corrected chi connectivity index (χ2v) is 9.68. The van der Waals surface area contributed by atoms with Crippen LogP contribution in [0.2, 0.25) is 0 Å². The van der Waals surface area contributed by atoms with E-state index in [0.717, 1.165) is 0 Å². The lowest BCUT2D eigenvalue weighted by atomic mass is 9.95. The molecule has 0 atom stereocenters. The number of nitrogens with one attached hydrogen (secondary N) is 3. The first-order chi connectivity index (χ1) is 17.3. The van der Waals surface area contributed by atoms with Crippen LogP contribution in [0, 0.1) is 5.41 Å². The highest BCUT2D eigenvalue weighted by Gasteiger charge is 2.22. The minimum atomic E-state index is -0.697. The van der Waals surface area contributed by atoms with Gasteiger partial charge in [0, 0.05) is 44.7 Å². The SMILES string of the molecule is CC(=O)c1ccc(NC(=O)c2cc(NC(=O)C(C)(C)C)cc(C(=O)Nc3ccc(C(C)=O)cc3)c2)cc1. The third-order valence-electron chi connectivity index (χ3n) is 5.50. The van der Waals surface area contributed by atoms with Crippen molar-refractivity contribution in [3.05, 3.63) is 89.0 Å². The van der Waals surface area contributed by atoms with Crippen molar-refractivity contribution in [2.45, 2.75) is 34.6 Å². The van der Waals surface area contributed by atoms with Gasteiger partial charge in [0.2, 0.25) is 5.91 Å². The Morgan fingerprint density at radius 3 is 1.22 bits per heavy atom. The van der Waals surface area contributed by atoms with Gasteiger partial charge in [-0.25, -0.2) is 0 Å². The van der Waals surface area contributed by atoms with Crippen molar-refractivity contribution in [3.8, 4) is 0 Å². The van der Waals surface area contributed by atoms with E-state index in [9.17, 15) is 24.0 Å². The molecule has 0 aliphatic heterocycles. The van der Waals surface area contributed by atoms with Crippen LogP contribution in [0.3, 0.4) is 0 Å². The fourth-order valence-electron chi connectivity index (χ4n) is 3.26. The summed E-state index contributed by atoms with van der Waals surface area (Å²) in [5.41, 5.74) is 1.86. The molecular weight excluding hydrogens is 470 g/mol. The summed E-state index contributed by atoms with van der Waals surface area (Å²) in [7, 11) is 0. The number of ketones is 2. The molecule has 3 aromatic carbocycles. The van der Waals surface area contributed by atoms with Crippen LogP contribution in [0.1, 0.15) is 76.1 Å². The Balaban J connectivity index is 1.90. The van der Waals surface area contributed by atoms with E-state index in [-0.39, 0.29) is 34.3 Å². The van der Waals surface area contributed by atoms with E-state index in [0.29, 0.717) is 22.5 Å². The zero-order chi connectivity index (χ0) is 27.3. The van der Waals surface area contributed by atoms with E-state index >= 15 is 0 Å². The molecule has 3 N–H and O–H groups in total. The molecule has 0 spiro atoms. The van der Waals surface area contributed by atoms with Crippen molar-refractivity contribution in [3.63, 3.8) is 0 Å². The maximum absolute atomic E-state index is 13.0. The molecule has 8 nitrogen and oxygen atoms in total. The first-order valence-corrected chi connectivity index (χ1v) is 11.6. The van der Waals surface area contributed by atoms with Crippen LogP contribution < -0.4 is 16.0 Å². The van der Waals surface area contributed by atoms with E-state index in [1.54, 1.807) is 69.3 Å². The Hall–Kier alpha value is -4.59. The molecule has 0 aliphatic rings. The number of rotatable bonds is 7. The molecule has 3 amide bonds. The lowest BCUT2D eigenvalue weighted by Crippen LogP contribution is -2.28. The summed E-state index contributed by atoms with van der Waals surface area (Å²) in [6, 6.07) is 17.3. The van der Waals surface area contributed by atoms with E-state index in [2.05, 4.69) is 16.0 Å². The summed E-state index contributed by atoms with van der Waals surface area (Å²) in [6.45, 7) is 8.16. The predicted octanol–water partition coefficient (Wildman–Crippen LogP) is 5.58.